The van der Waals surface area contributed by atoms with Crippen LogP contribution in [0.15, 0.2) is 29.3 Å². The molecule has 2 N–H and O–H groups in total. The second kappa shape index (κ2) is 10.9. The summed E-state index contributed by atoms with van der Waals surface area (Å²) >= 11 is 0. The van der Waals surface area contributed by atoms with Gasteiger partial charge in [0.15, 0.2) is 5.96 Å². The molecule has 1 fully saturated rings. The zero-order valence-electron chi connectivity index (χ0n) is 15.4. The second-order valence-corrected chi connectivity index (χ2v) is 6.46. The minimum atomic E-state index is 0. The number of halogens is 1. The van der Waals surface area contributed by atoms with Crippen molar-refractivity contribution in [2.45, 2.75) is 26.4 Å². The van der Waals surface area contributed by atoms with E-state index in [0.717, 1.165) is 38.7 Å². The van der Waals surface area contributed by atoms with Gasteiger partial charge in [0.25, 0.3) is 0 Å². The molecule has 1 atom stereocenters. The fraction of sp³-hybridized carbons (Fsp3) is 0.611. The van der Waals surface area contributed by atoms with E-state index in [0.29, 0.717) is 12.6 Å². The van der Waals surface area contributed by atoms with Gasteiger partial charge in [0.1, 0.15) is 0 Å². The first-order valence-electron chi connectivity index (χ1n) is 8.55. The lowest BCUT2D eigenvalue weighted by Crippen LogP contribution is -2.55. The molecule has 1 aromatic rings. The van der Waals surface area contributed by atoms with E-state index in [9.17, 15) is 0 Å². The standard InChI is InChI=1S/C18H31N5.HI/c1-5-19-18(20-12-16-8-6-7-15(2)11-16)21-13-17-14-22(3)9-10-23(17)4;/h6-8,11,17H,5,9-10,12-14H2,1-4H3,(H2,19,20,21);1H. The lowest BCUT2D eigenvalue weighted by molar-refractivity contribution is 0.116. The van der Waals surface area contributed by atoms with E-state index < -0.39 is 0 Å². The first-order chi connectivity index (χ1) is 11.1. The maximum atomic E-state index is 4.72. The Balaban J connectivity index is 0.00000288. The van der Waals surface area contributed by atoms with Crippen molar-refractivity contribution < 1.29 is 0 Å². The van der Waals surface area contributed by atoms with Crippen molar-refractivity contribution >= 4 is 29.9 Å². The SMILES string of the molecule is CCNC(=NCc1cccc(C)c1)NCC1CN(C)CCN1C.I. The molecule has 1 aliphatic heterocycles. The second-order valence-electron chi connectivity index (χ2n) is 6.46. The molecule has 0 amide bonds. The fourth-order valence-corrected chi connectivity index (χ4v) is 2.86. The van der Waals surface area contributed by atoms with E-state index in [2.05, 4.69) is 72.6 Å². The molecule has 0 radical (unpaired) electrons. The molecule has 1 saturated heterocycles. The quantitative estimate of drug-likeness (QED) is 0.413. The van der Waals surface area contributed by atoms with Crippen LogP contribution >= 0.6 is 24.0 Å². The minimum absolute atomic E-state index is 0. The highest BCUT2D eigenvalue weighted by atomic mass is 127. The molecule has 2 rings (SSSR count). The number of hydrogen-bond acceptors (Lipinski definition) is 3. The summed E-state index contributed by atoms with van der Waals surface area (Å²) in [5.74, 6) is 0.899. The van der Waals surface area contributed by atoms with Gasteiger partial charge in [-0.2, -0.15) is 0 Å². The van der Waals surface area contributed by atoms with Gasteiger partial charge >= 0.3 is 0 Å². The van der Waals surface area contributed by atoms with Gasteiger partial charge in [-0.3, -0.25) is 4.90 Å². The van der Waals surface area contributed by atoms with Crippen LogP contribution in [0.25, 0.3) is 0 Å². The molecule has 0 bridgehead atoms. The van der Waals surface area contributed by atoms with E-state index >= 15 is 0 Å². The van der Waals surface area contributed by atoms with Crippen LogP contribution in [0.3, 0.4) is 0 Å². The molecule has 0 spiro atoms. The predicted octanol–water partition coefficient (Wildman–Crippen LogP) is 1.91. The summed E-state index contributed by atoms with van der Waals surface area (Å²) in [6.07, 6.45) is 0. The Bertz CT molecular complexity index is 520. The number of guanidine groups is 1. The van der Waals surface area contributed by atoms with Crippen molar-refractivity contribution in [3.63, 3.8) is 0 Å². The normalized spacial score (nSPS) is 19.7. The maximum Gasteiger partial charge on any atom is 0.191 e. The lowest BCUT2D eigenvalue weighted by Gasteiger charge is -2.37. The monoisotopic (exact) mass is 445 g/mol. The van der Waals surface area contributed by atoms with Crippen molar-refractivity contribution in [2.75, 3.05) is 46.8 Å². The largest absolute Gasteiger partial charge is 0.357 e. The van der Waals surface area contributed by atoms with Gasteiger partial charge < -0.3 is 15.5 Å². The predicted molar refractivity (Wildman–Crippen MR) is 113 cm³/mol. The Morgan fingerprint density at radius 2 is 2.04 bits per heavy atom. The number of rotatable bonds is 5. The molecule has 24 heavy (non-hydrogen) atoms. The smallest absolute Gasteiger partial charge is 0.191 e. The molecule has 0 aromatic heterocycles. The number of likely N-dealkylation sites (N-methyl/N-ethyl adjacent to an activating group) is 2. The van der Waals surface area contributed by atoms with Crippen molar-refractivity contribution in [1.29, 1.82) is 0 Å². The minimum Gasteiger partial charge on any atom is -0.357 e. The fourth-order valence-electron chi connectivity index (χ4n) is 2.86. The molecule has 136 valence electrons. The van der Waals surface area contributed by atoms with Gasteiger partial charge in [0.2, 0.25) is 0 Å². The summed E-state index contributed by atoms with van der Waals surface area (Å²) < 4.78 is 0. The molecule has 1 unspecified atom stereocenters. The summed E-state index contributed by atoms with van der Waals surface area (Å²) in [4.78, 5) is 9.54. The van der Waals surface area contributed by atoms with Crippen LogP contribution < -0.4 is 10.6 Å². The average molecular weight is 445 g/mol. The number of nitrogens with one attached hydrogen (secondary N) is 2. The van der Waals surface area contributed by atoms with Crippen molar-refractivity contribution in [1.82, 2.24) is 20.4 Å². The Morgan fingerprint density at radius 1 is 1.25 bits per heavy atom. The third-order valence-electron chi connectivity index (χ3n) is 4.33. The maximum absolute atomic E-state index is 4.72. The van der Waals surface area contributed by atoms with E-state index in [1.807, 2.05) is 0 Å². The molecule has 5 nitrogen and oxygen atoms in total. The highest BCUT2D eigenvalue weighted by Gasteiger charge is 2.21. The van der Waals surface area contributed by atoms with Crippen molar-refractivity contribution in [3.8, 4) is 0 Å². The molecule has 1 heterocycles. The van der Waals surface area contributed by atoms with E-state index in [1.165, 1.54) is 11.1 Å². The molecule has 6 heteroatoms. The van der Waals surface area contributed by atoms with E-state index in [-0.39, 0.29) is 24.0 Å². The Hall–Kier alpha value is -0.860. The van der Waals surface area contributed by atoms with Crippen LogP contribution in [0.2, 0.25) is 0 Å². The van der Waals surface area contributed by atoms with Crippen molar-refractivity contribution in [2.24, 2.45) is 4.99 Å². The first kappa shape index (κ1) is 21.2. The molecule has 1 aromatic carbocycles. The highest BCUT2D eigenvalue weighted by Crippen LogP contribution is 2.06. The topological polar surface area (TPSA) is 42.9 Å². The Morgan fingerprint density at radius 3 is 2.75 bits per heavy atom. The number of benzene rings is 1. The van der Waals surface area contributed by atoms with Crippen LogP contribution in [-0.2, 0) is 6.54 Å². The summed E-state index contributed by atoms with van der Waals surface area (Å²) in [5, 5.41) is 6.84. The lowest BCUT2D eigenvalue weighted by atomic mass is 10.1. The molecule has 0 aliphatic carbocycles. The van der Waals surface area contributed by atoms with Crippen LogP contribution in [0.4, 0.5) is 0 Å². The summed E-state index contributed by atoms with van der Waals surface area (Å²) in [5.41, 5.74) is 2.53. The number of aliphatic imine (C=N–C) groups is 1. The summed E-state index contributed by atoms with van der Waals surface area (Å²) in [6.45, 7) is 10.1. The van der Waals surface area contributed by atoms with Crippen LogP contribution in [0, 0.1) is 6.92 Å². The van der Waals surface area contributed by atoms with Gasteiger partial charge in [0.05, 0.1) is 6.54 Å². The highest BCUT2D eigenvalue weighted by molar-refractivity contribution is 14.0. The first-order valence-corrected chi connectivity index (χ1v) is 8.55. The zero-order valence-corrected chi connectivity index (χ0v) is 17.7. The van der Waals surface area contributed by atoms with Crippen LogP contribution in [-0.4, -0.2) is 68.6 Å². The summed E-state index contributed by atoms with van der Waals surface area (Å²) in [6, 6.07) is 9.05. The number of piperazine rings is 1. The third-order valence-corrected chi connectivity index (χ3v) is 4.33. The zero-order chi connectivity index (χ0) is 16.7. The molecule has 1 aliphatic rings. The number of nitrogens with zero attached hydrogens (tertiary/aromatic N) is 3. The van der Waals surface area contributed by atoms with E-state index in [4.69, 9.17) is 4.99 Å². The van der Waals surface area contributed by atoms with Crippen LogP contribution in [0.1, 0.15) is 18.1 Å². The average Bonchev–Trinajstić information content (AvgIpc) is 2.53. The van der Waals surface area contributed by atoms with Gasteiger partial charge in [-0.25, -0.2) is 4.99 Å². The summed E-state index contributed by atoms with van der Waals surface area (Å²) in [7, 11) is 4.40. The molecular formula is C18H32IN5. The number of aryl methyl sites for hydroxylation is 1. The van der Waals surface area contributed by atoms with Gasteiger partial charge in [-0.05, 0) is 33.5 Å². The van der Waals surface area contributed by atoms with Gasteiger partial charge in [0, 0.05) is 38.8 Å². The number of hydrogen-bond donors (Lipinski definition) is 2. The van der Waals surface area contributed by atoms with Gasteiger partial charge in [-0.1, -0.05) is 29.8 Å². The molecule has 0 saturated carbocycles. The molecular weight excluding hydrogens is 413 g/mol. The van der Waals surface area contributed by atoms with Crippen LogP contribution in [0.5, 0.6) is 0 Å². The van der Waals surface area contributed by atoms with Gasteiger partial charge in [-0.15, -0.1) is 24.0 Å². The van der Waals surface area contributed by atoms with E-state index in [1.54, 1.807) is 0 Å². The third kappa shape index (κ3) is 6.94. The Labute approximate surface area is 163 Å². The Kier molecular flexibility index (Phi) is 9.61. The van der Waals surface area contributed by atoms with Crippen molar-refractivity contribution in [3.05, 3.63) is 35.4 Å².